The second-order valence-electron chi connectivity index (χ2n) is 14.9. The molecule has 54 heavy (non-hydrogen) atoms. The van der Waals surface area contributed by atoms with E-state index in [1.807, 2.05) is 37.8 Å². The second kappa shape index (κ2) is 15.1. The first-order chi connectivity index (χ1) is 25.9. The number of rotatable bonds is 9. The molecule has 2 amide bonds. The third kappa shape index (κ3) is 7.87. The van der Waals surface area contributed by atoms with E-state index < -0.39 is 40.3 Å². The number of methoxy groups -OCH3 is 1. The van der Waals surface area contributed by atoms with Gasteiger partial charge in [0.2, 0.25) is 5.82 Å². The summed E-state index contributed by atoms with van der Waals surface area (Å²) < 4.78 is 64.6. The quantitative estimate of drug-likeness (QED) is 0.153. The highest BCUT2D eigenvalue weighted by Crippen LogP contribution is 2.34. The molecule has 11 nitrogen and oxygen atoms in total. The van der Waals surface area contributed by atoms with E-state index in [0.29, 0.717) is 37.0 Å². The predicted octanol–water partition coefficient (Wildman–Crippen LogP) is 7.82. The number of ether oxygens (including phenoxy) is 3. The molecule has 1 aliphatic carbocycles. The van der Waals surface area contributed by atoms with Crippen LogP contribution in [0.4, 0.5) is 18.0 Å². The Bertz CT molecular complexity index is 2170. The number of nitrogens with one attached hydrogen (secondary N) is 1. The van der Waals surface area contributed by atoms with Crippen LogP contribution in [-0.2, 0) is 24.4 Å². The van der Waals surface area contributed by atoms with E-state index in [1.165, 1.54) is 7.11 Å². The van der Waals surface area contributed by atoms with Crippen molar-refractivity contribution in [1.82, 2.24) is 29.5 Å². The number of hydrogen-bond acceptors (Lipinski definition) is 7. The molecule has 7 rings (SSSR count). The number of benzene rings is 3. The minimum atomic E-state index is -1.55. The van der Waals surface area contributed by atoms with Crippen LogP contribution in [0.1, 0.15) is 74.2 Å². The van der Waals surface area contributed by atoms with Crippen LogP contribution >= 0.6 is 0 Å². The van der Waals surface area contributed by atoms with Crippen molar-refractivity contribution in [1.29, 1.82) is 0 Å². The van der Waals surface area contributed by atoms with Crippen molar-refractivity contribution >= 4 is 22.9 Å². The van der Waals surface area contributed by atoms with Gasteiger partial charge in [-0.3, -0.25) is 14.4 Å². The third-order valence-electron chi connectivity index (χ3n) is 9.98. The average molecular weight is 745 g/mol. The molecule has 2 aliphatic rings. The summed E-state index contributed by atoms with van der Waals surface area (Å²) in [6, 6.07) is 13.7. The molecule has 2 aromatic heterocycles. The normalized spacial score (nSPS) is 17.3. The van der Waals surface area contributed by atoms with Gasteiger partial charge in [0, 0.05) is 36.8 Å². The van der Waals surface area contributed by atoms with Crippen molar-refractivity contribution < 1.29 is 37.0 Å². The largest absolute Gasteiger partial charge is 0.497 e. The number of hydrogen-bond donors (Lipinski definition) is 1. The van der Waals surface area contributed by atoms with Crippen molar-refractivity contribution in [2.75, 3.05) is 20.2 Å². The molecule has 3 aromatic carbocycles. The standard InChI is InChI=1S/C40H43F3N6O5/c1-40(2,3)54-39(51)47-15-16-48-33(20-44-34(48)22-47)26-9-10-27-21-49(46-32(27)17-26)28-11-5-24(6-12-28)19-45-38(50)30-18-31(41)37(36(43)35(30)42)53-23-25-7-13-29(52-4)14-8-25/h7-10,13-14,17-18,20-21,24,28H,5-6,11-12,15-16,19,22-23H2,1-4H3,(H,45,50). The minimum absolute atomic E-state index is 0.117. The number of amides is 2. The first kappa shape index (κ1) is 36.8. The molecule has 284 valence electrons. The Hall–Kier alpha value is -5.53. The lowest BCUT2D eigenvalue weighted by molar-refractivity contribution is 0.0195. The molecule has 0 unspecified atom stereocenters. The maximum atomic E-state index is 14.9. The van der Waals surface area contributed by atoms with E-state index in [0.717, 1.165) is 53.7 Å². The Morgan fingerprint density at radius 3 is 2.44 bits per heavy atom. The summed E-state index contributed by atoms with van der Waals surface area (Å²) in [7, 11) is 1.52. The Morgan fingerprint density at radius 2 is 1.72 bits per heavy atom. The molecule has 0 spiro atoms. The van der Waals surface area contributed by atoms with Crippen LogP contribution in [-0.4, -0.2) is 62.0 Å². The molecule has 1 N–H and O–H groups in total. The lowest BCUT2D eigenvalue weighted by Crippen LogP contribution is -2.41. The molecule has 0 radical (unpaired) electrons. The fourth-order valence-corrected chi connectivity index (χ4v) is 7.05. The Balaban J connectivity index is 0.926. The molecule has 5 aromatic rings. The molecule has 3 heterocycles. The number of carbonyl (C=O) groups excluding carboxylic acids is 2. The monoisotopic (exact) mass is 744 g/mol. The van der Waals surface area contributed by atoms with Crippen molar-refractivity contribution in [3.05, 3.63) is 95.3 Å². The summed E-state index contributed by atoms with van der Waals surface area (Å²) in [5.74, 6) is -4.42. The van der Waals surface area contributed by atoms with Gasteiger partial charge in [-0.15, -0.1) is 0 Å². The fourth-order valence-electron chi connectivity index (χ4n) is 7.05. The van der Waals surface area contributed by atoms with E-state index in [1.54, 1.807) is 29.2 Å². The van der Waals surface area contributed by atoms with E-state index in [2.05, 4.69) is 33.1 Å². The molecule has 0 bridgehead atoms. The highest BCUT2D eigenvalue weighted by molar-refractivity contribution is 5.94. The maximum absolute atomic E-state index is 14.9. The minimum Gasteiger partial charge on any atom is -0.497 e. The molecular weight excluding hydrogens is 701 g/mol. The van der Waals surface area contributed by atoms with Crippen molar-refractivity contribution in [3.8, 4) is 22.8 Å². The first-order valence-corrected chi connectivity index (χ1v) is 18.1. The number of halogens is 3. The van der Waals surface area contributed by atoms with Crippen LogP contribution in [0.2, 0.25) is 0 Å². The molecule has 1 fully saturated rings. The van der Waals surface area contributed by atoms with Gasteiger partial charge < -0.3 is 24.1 Å². The maximum Gasteiger partial charge on any atom is 0.410 e. The highest BCUT2D eigenvalue weighted by atomic mass is 19.2. The molecule has 1 aliphatic heterocycles. The van der Waals surface area contributed by atoms with Gasteiger partial charge in [0.25, 0.3) is 5.91 Å². The summed E-state index contributed by atoms with van der Waals surface area (Å²) in [5, 5.41) is 8.60. The van der Waals surface area contributed by atoms with Crippen LogP contribution in [0, 0.1) is 23.4 Å². The van der Waals surface area contributed by atoms with Crippen molar-refractivity contribution in [2.45, 2.75) is 77.8 Å². The third-order valence-corrected chi connectivity index (χ3v) is 9.98. The van der Waals surface area contributed by atoms with Crippen molar-refractivity contribution in [2.24, 2.45) is 5.92 Å². The fraction of sp³-hybridized carbons (Fsp3) is 0.400. The van der Waals surface area contributed by atoms with E-state index in [9.17, 15) is 22.8 Å². The first-order valence-electron chi connectivity index (χ1n) is 18.1. The van der Waals surface area contributed by atoms with Gasteiger partial charge in [-0.1, -0.05) is 24.3 Å². The van der Waals surface area contributed by atoms with Gasteiger partial charge in [-0.2, -0.15) is 9.49 Å². The second-order valence-corrected chi connectivity index (χ2v) is 14.9. The number of fused-ring (bicyclic) bond motifs is 2. The Kier molecular flexibility index (Phi) is 10.3. The smallest absolute Gasteiger partial charge is 0.410 e. The van der Waals surface area contributed by atoms with Gasteiger partial charge in [0.05, 0.1) is 42.7 Å². The van der Waals surface area contributed by atoms with Crippen LogP contribution in [0.25, 0.3) is 22.2 Å². The average Bonchev–Trinajstić information content (AvgIpc) is 3.79. The molecule has 1 saturated carbocycles. The Labute approximate surface area is 311 Å². The SMILES string of the molecule is COc1ccc(COc2c(F)cc(C(=O)NCC3CCC(n4cc5ccc(-c6cnc7n6CCN(C(=O)OC(C)(C)C)C7)cc5n4)CC3)c(F)c2F)cc1. The highest BCUT2D eigenvalue weighted by Gasteiger charge is 2.29. The number of carbonyl (C=O) groups is 2. The van der Waals surface area contributed by atoms with E-state index in [-0.39, 0.29) is 31.2 Å². The summed E-state index contributed by atoms with van der Waals surface area (Å²) in [5.41, 5.74) is 2.14. The predicted molar refractivity (Wildman–Crippen MR) is 195 cm³/mol. The van der Waals surface area contributed by atoms with Gasteiger partial charge in [-0.05, 0) is 82.2 Å². The number of aromatic nitrogens is 4. The molecule has 14 heteroatoms. The van der Waals surface area contributed by atoms with E-state index >= 15 is 0 Å². The summed E-state index contributed by atoms with van der Waals surface area (Å²) >= 11 is 0. The Morgan fingerprint density at radius 1 is 0.963 bits per heavy atom. The van der Waals surface area contributed by atoms with Crippen LogP contribution in [0.5, 0.6) is 11.5 Å². The van der Waals surface area contributed by atoms with Crippen molar-refractivity contribution in [3.63, 3.8) is 0 Å². The lowest BCUT2D eigenvalue weighted by atomic mass is 9.86. The van der Waals surface area contributed by atoms with Gasteiger partial charge in [0.1, 0.15) is 23.8 Å². The molecule has 0 atom stereocenters. The lowest BCUT2D eigenvalue weighted by Gasteiger charge is -2.31. The van der Waals surface area contributed by atoms with Gasteiger partial charge in [-0.25, -0.2) is 18.6 Å². The van der Waals surface area contributed by atoms with Crippen LogP contribution in [0.3, 0.4) is 0 Å². The zero-order valence-electron chi connectivity index (χ0n) is 30.7. The number of imidazole rings is 1. The summed E-state index contributed by atoms with van der Waals surface area (Å²) in [6.07, 6.45) is 6.76. The topological polar surface area (TPSA) is 113 Å². The summed E-state index contributed by atoms with van der Waals surface area (Å²) in [4.78, 5) is 31.7. The zero-order valence-corrected chi connectivity index (χ0v) is 30.7. The van der Waals surface area contributed by atoms with E-state index in [4.69, 9.17) is 19.3 Å². The van der Waals surface area contributed by atoms with Gasteiger partial charge in [0.15, 0.2) is 17.4 Å². The summed E-state index contributed by atoms with van der Waals surface area (Å²) in [6.45, 7) is 7.11. The van der Waals surface area contributed by atoms with Crippen LogP contribution in [0.15, 0.2) is 60.9 Å². The number of nitrogens with zero attached hydrogens (tertiary/aromatic N) is 5. The van der Waals surface area contributed by atoms with Gasteiger partial charge >= 0.3 is 6.09 Å². The molecular formula is C40H43F3N6O5. The zero-order chi connectivity index (χ0) is 38.1. The van der Waals surface area contributed by atoms with Crippen LogP contribution < -0.4 is 14.8 Å². The molecule has 0 saturated heterocycles.